The maximum absolute atomic E-state index is 6.11. The lowest BCUT2D eigenvalue weighted by molar-refractivity contribution is 0.301. The first-order valence-corrected chi connectivity index (χ1v) is 8.45. The zero-order chi connectivity index (χ0) is 14.3. The molecular weight excluding hydrogens is 290 g/mol. The van der Waals surface area contributed by atoms with Crippen LogP contribution < -0.4 is 4.90 Å². The van der Waals surface area contributed by atoms with Crippen molar-refractivity contribution >= 4 is 39.0 Å². The maximum atomic E-state index is 6.11. The van der Waals surface area contributed by atoms with Crippen molar-refractivity contribution in [1.82, 2.24) is 9.97 Å². The maximum Gasteiger partial charge on any atom is 0.225 e. The van der Waals surface area contributed by atoms with Crippen molar-refractivity contribution in [2.24, 2.45) is 5.41 Å². The Kier molecular flexibility index (Phi) is 3.63. The highest BCUT2D eigenvalue weighted by atomic mass is 35.5. The van der Waals surface area contributed by atoms with E-state index in [4.69, 9.17) is 11.6 Å². The molecule has 0 atom stereocenters. The van der Waals surface area contributed by atoms with Crippen molar-refractivity contribution in [2.75, 3.05) is 18.0 Å². The summed E-state index contributed by atoms with van der Waals surface area (Å²) in [4.78, 5) is 13.5. The predicted molar refractivity (Wildman–Crippen MR) is 87.0 cm³/mol. The van der Waals surface area contributed by atoms with Gasteiger partial charge in [-0.25, -0.2) is 4.98 Å². The second kappa shape index (κ2) is 5.15. The van der Waals surface area contributed by atoms with Crippen LogP contribution in [0.1, 0.15) is 38.0 Å². The van der Waals surface area contributed by atoms with Gasteiger partial charge in [-0.15, -0.1) is 11.3 Å². The Morgan fingerprint density at radius 2 is 2.10 bits per heavy atom. The Bertz CT molecular complexity index is 633. The van der Waals surface area contributed by atoms with Gasteiger partial charge >= 0.3 is 0 Å². The summed E-state index contributed by atoms with van der Waals surface area (Å²) in [7, 11) is 0. The number of aromatic nitrogens is 2. The lowest BCUT2D eigenvalue weighted by Crippen LogP contribution is -2.26. The summed E-state index contributed by atoms with van der Waals surface area (Å²) in [6, 6.07) is 2.18. The van der Waals surface area contributed by atoms with Gasteiger partial charge in [0.05, 0.1) is 5.39 Å². The molecule has 5 heteroatoms. The topological polar surface area (TPSA) is 29.0 Å². The van der Waals surface area contributed by atoms with E-state index in [0.717, 1.165) is 29.1 Å². The van der Waals surface area contributed by atoms with Gasteiger partial charge in [0.1, 0.15) is 10.6 Å². The molecule has 0 saturated carbocycles. The third-order valence-corrected chi connectivity index (χ3v) is 5.82. The zero-order valence-electron chi connectivity index (χ0n) is 12.2. The first-order chi connectivity index (χ1) is 9.57. The Hall–Kier alpha value is -0.870. The van der Waals surface area contributed by atoms with Crippen LogP contribution in [0.15, 0.2) is 6.07 Å². The quantitative estimate of drug-likeness (QED) is 0.772. The molecule has 2 aromatic rings. The summed E-state index contributed by atoms with van der Waals surface area (Å²) in [6.07, 6.45) is 3.70. The lowest BCUT2D eigenvalue weighted by atomic mass is 9.82. The smallest absolute Gasteiger partial charge is 0.225 e. The Labute approximate surface area is 129 Å². The number of nitrogens with zero attached hydrogens (tertiary/aromatic N) is 3. The third-order valence-electron chi connectivity index (χ3n) is 4.71. The molecule has 0 radical (unpaired) electrons. The van der Waals surface area contributed by atoms with Crippen LogP contribution >= 0.6 is 22.9 Å². The molecule has 0 aromatic carbocycles. The average Bonchev–Trinajstić information content (AvgIpc) is 3.01. The monoisotopic (exact) mass is 309 g/mol. The van der Waals surface area contributed by atoms with Crippen LogP contribution in [-0.2, 0) is 0 Å². The molecule has 0 aliphatic carbocycles. The van der Waals surface area contributed by atoms with Gasteiger partial charge in [0.2, 0.25) is 5.28 Å². The van der Waals surface area contributed by atoms with E-state index in [2.05, 4.69) is 41.7 Å². The number of hydrogen-bond acceptors (Lipinski definition) is 4. The molecule has 1 saturated heterocycles. The minimum absolute atomic E-state index is 0.361. The fourth-order valence-electron chi connectivity index (χ4n) is 3.19. The van der Waals surface area contributed by atoms with E-state index >= 15 is 0 Å². The largest absolute Gasteiger partial charge is 0.355 e. The minimum Gasteiger partial charge on any atom is -0.355 e. The molecular formula is C15H20ClN3S. The van der Waals surface area contributed by atoms with Gasteiger partial charge in [-0.3, -0.25) is 0 Å². The summed E-state index contributed by atoms with van der Waals surface area (Å²) in [5.41, 5.74) is 0.439. The highest BCUT2D eigenvalue weighted by Crippen LogP contribution is 2.41. The Morgan fingerprint density at radius 1 is 1.35 bits per heavy atom. The van der Waals surface area contributed by atoms with Crippen molar-refractivity contribution in [3.63, 3.8) is 0 Å². The lowest BCUT2D eigenvalue weighted by Gasteiger charge is -2.27. The molecule has 20 heavy (non-hydrogen) atoms. The molecule has 108 valence electrons. The number of hydrogen-bond donors (Lipinski definition) is 0. The normalized spacial score (nSPS) is 18.1. The first kappa shape index (κ1) is 14.1. The number of thiophene rings is 1. The highest BCUT2D eigenvalue weighted by Gasteiger charge is 2.36. The minimum atomic E-state index is 0.361. The zero-order valence-corrected chi connectivity index (χ0v) is 13.8. The van der Waals surface area contributed by atoms with Crippen molar-refractivity contribution in [3.8, 4) is 0 Å². The van der Waals surface area contributed by atoms with Gasteiger partial charge in [0.25, 0.3) is 0 Å². The molecule has 3 nitrogen and oxygen atoms in total. The average molecular weight is 310 g/mol. The standard InChI is InChI=1S/C15H20ClN3S/c1-4-15(5-2)6-7-19(9-15)12-11-8-10(3)20-13(11)18-14(16)17-12/h8H,4-7,9H2,1-3H3. The van der Waals surface area contributed by atoms with Gasteiger partial charge in [0.15, 0.2) is 0 Å². The number of rotatable bonds is 3. The second-order valence-electron chi connectivity index (χ2n) is 5.77. The molecule has 2 aromatic heterocycles. The molecule has 1 aliphatic rings. The number of aryl methyl sites for hydroxylation is 1. The van der Waals surface area contributed by atoms with Gasteiger partial charge in [-0.1, -0.05) is 13.8 Å². The SMILES string of the molecule is CCC1(CC)CCN(c2nc(Cl)nc3sc(C)cc23)C1. The van der Waals surface area contributed by atoms with E-state index in [1.54, 1.807) is 11.3 Å². The van der Waals surface area contributed by atoms with Crippen LogP contribution in [0.25, 0.3) is 10.2 Å². The van der Waals surface area contributed by atoms with E-state index in [-0.39, 0.29) is 0 Å². The van der Waals surface area contributed by atoms with Gasteiger partial charge in [0, 0.05) is 18.0 Å². The van der Waals surface area contributed by atoms with Crippen molar-refractivity contribution in [2.45, 2.75) is 40.0 Å². The second-order valence-corrected chi connectivity index (χ2v) is 7.34. The van der Waals surface area contributed by atoms with Crippen LogP contribution in [0.3, 0.4) is 0 Å². The Balaban J connectivity index is 2.03. The van der Waals surface area contributed by atoms with Gasteiger partial charge < -0.3 is 4.90 Å². The summed E-state index contributed by atoms with van der Waals surface area (Å²) in [6.45, 7) is 8.85. The Morgan fingerprint density at radius 3 is 2.75 bits per heavy atom. The van der Waals surface area contributed by atoms with Gasteiger partial charge in [-0.2, -0.15) is 4.98 Å². The molecule has 1 fully saturated rings. The molecule has 1 aliphatic heterocycles. The summed E-state index contributed by atoms with van der Waals surface area (Å²) in [5.74, 6) is 1.02. The van der Waals surface area contributed by atoms with Crippen LogP contribution in [0.5, 0.6) is 0 Å². The molecule has 0 bridgehead atoms. The van der Waals surface area contributed by atoms with Crippen molar-refractivity contribution < 1.29 is 0 Å². The summed E-state index contributed by atoms with van der Waals surface area (Å²) in [5, 5.41) is 1.51. The summed E-state index contributed by atoms with van der Waals surface area (Å²) >= 11 is 7.80. The molecule has 0 unspecified atom stereocenters. The van der Waals surface area contributed by atoms with E-state index in [9.17, 15) is 0 Å². The number of fused-ring (bicyclic) bond motifs is 1. The van der Waals surface area contributed by atoms with E-state index in [1.807, 2.05) is 0 Å². The van der Waals surface area contributed by atoms with Crippen LogP contribution in [0.4, 0.5) is 5.82 Å². The fourth-order valence-corrected chi connectivity index (χ4v) is 4.27. The molecule has 3 heterocycles. The summed E-state index contributed by atoms with van der Waals surface area (Å²) < 4.78 is 0. The molecule has 0 spiro atoms. The van der Waals surface area contributed by atoms with E-state index in [1.165, 1.54) is 24.1 Å². The van der Waals surface area contributed by atoms with Crippen LogP contribution in [-0.4, -0.2) is 23.1 Å². The van der Waals surface area contributed by atoms with Crippen LogP contribution in [0, 0.1) is 12.3 Å². The fraction of sp³-hybridized carbons (Fsp3) is 0.600. The molecule has 3 rings (SSSR count). The van der Waals surface area contributed by atoms with Crippen molar-refractivity contribution in [1.29, 1.82) is 0 Å². The van der Waals surface area contributed by atoms with Crippen LogP contribution in [0.2, 0.25) is 5.28 Å². The van der Waals surface area contributed by atoms with Crippen molar-refractivity contribution in [3.05, 3.63) is 16.2 Å². The third kappa shape index (κ3) is 2.29. The predicted octanol–water partition coefficient (Wildman–Crippen LogP) is 4.67. The van der Waals surface area contributed by atoms with E-state index in [0.29, 0.717) is 10.7 Å². The number of anilines is 1. The number of halogens is 1. The van der Waals surface area contributed by atoms with E-state index < -0.39 is 0 Å². The first-order valence-electron chi connectivity index (χ1n) is 7.25. The molecule has 0 N–H and O–H groups in total. The van der Waals surface area contributed by atoms with Gasteiger partial charge in [-0.05, 0) is 49.3 Å². The molecule has 0 amide bonds. The highest BCUT2D eigenvalue weighted by molar-refractivity contribution is 7.18.